The molecule has 1 radical (unpaired) electrons. The normalized spacial score (nSPS) is 0. The summed E-state index contributed by atoms with van der Waals surface area (Å²) in [5.41, 5.74) is 0. The second kappa shape index (κ2) is 51.2. The fourth-order valence-electron chi connectivity index (χ4n) is 0. The van der Waals surface area contributed by atoms with E-state index >= 15 is 0 Å². The van der Waals surface area contributed by atoms with E-state index in [1.807, 2.05) is 0 Å². The number of rotatable bonds is 0. The average Bonchev–Trinajstić information content (AvgIpc) is 0. The smallest absolute Gasteiger partial charge is 1.00 e. The van der Waals surface area contributed by atoms with E-state index < -0.39 is 0 Å². The van der Waals surface area contributed by atoms with Crippen molar-refractivity contribution in [1.82, 2.24) is 6.15 Å². The van der Waals surface area contributed by atoms with Crippen LogP contribution in [0.15, 0.2) is 0 Å². The van der Waals surface area contributed by atoms with Crippen LogP contribution in [0.25, 0.3) is 0 Å². The Balaban J connectivity index is 0. The van der Waals surface area contributed by atoms with Crippen molar-refractivity contribution in [3.63, 3.8) is 0 Å². The van der Waals surface area contributed by atoms with Gasteiger partial charge in [0.1, 0.15) is 0 Å². The van der Waals surface area contributed by atoms with Crippen molar-refractivity contribution in [3.8, 4) is 0 Å². The van der Waals surface area contributed by atoms with E-state index in [0.29, 0.717) is 0 Å². The van der Waals surface area contributed by atoms with Gasteiger partial charge < -0.3 is 18.6 Å². The summed E-state index contributed by atoms with van der Waals surface area (Å²) < 4.78 is 0. The summed E-state index contributed by atoms with van der Waals surface area (Å²) in [6.45, 7) is 0. The van der Waals surface area contributed by atoms with Crippen LogP contribution in [0.1, 0.15) is 0 Å². The first-order chi connectivity index (χ1) is 0. The Kier molecular flexibility index (Phi) is 930. The molecule has 0 atom stereocenters. The molecule has 0 aliphatic heterocycles. The molecule has 0 bridgehead atoms. The minimum Gasteiger partial charge on any atom is -1.00 e. The monoisotopic (exact) mass is 188 g/mol. The van der Waals surface area contributed by atoms with E-state index in [0.717, 1.165) is 0 Å². The summed E-state index contributed by atoms with van der Waals surface area (Å²) in [5, 5.41) is 0. The first kappa shape index (κ1) is 90.9. The SMILES string of the molecule is Cl.Cl.N.[Cl-].[Zn+]. The third kappa shape index (κ3) is 30.8. The van der Waals surface area contributed by atoms with Crippen LogP contribution in [0.5, 0.6) is 0 Å². The van der Waals surface area contributed by atoms with Crippen molar-refractivity contribution in [2.45, 2.75) is 0 Å². The van der Waals surface area contributed by atoms with Crippen LogP contribution in [-0.2, 0) is 19.5 Å². The zero-order valence-corrected chi connectivity index (χ0v) is 7.96. The standard InChI is InChI=1S/3ClH.H3N.Zn/h3*1H;1H3;/q;;;;+1/p-1. The van der Waals surface area contributed by atoms with Crippen LogP contribution in [-0.4, -0.2) is 0 Å². The Morgan fingerprint density at radius 3 is 0.800 bits per heavy atom. The van der Waals surface area contributed by atoms with Gasteiger partial charge in [-0.2, -0.15) is 0 Å². The van der Waals surface area contributed by atoms with E-state index in [4.69, 9.17) is 0 Å². The molecule has 0 saturated heterocycles. The third-order valence-electron chi connectivity index (χ3n) is 0. The molecule has 0 fully saturated rings. The first-order valence-corrected chi connectivity index (χ1v) is 0. The Bertz CT molecular complexity index is 6.85. The maximum absolute atomic E-state index is 0. The van der Waals surface area contributed by atoms with Crippen molar-refractivity contribution in [1.29, 1.82) is 0 Å². The maximum Gasteiger partial charge on any atom is 1.00 e. The summed E-state index contributed by atoms with van der Waals surface area (Å²) in [4.78, 5) is 0. The van der Waals surface area contributed by atoms with Gasteiger partial charge in [0.05, 0.1) is 0 Å². The quantitative estimate of drug-likeness (QED) is 0.441. The van der Waals surface area contributed by atoms with Crippen LogP contribution in [0.3, 0.4) is 0 Å². The van der Waals surface area contributed by atoms with E-state index in [-0.39, 0.29) is 62.8 Å². The molecule has 5 heteroatoms. The summed E-state index contributed by atoms with van der Waals surface area (Å²) >= 11 is 0. The van der Waals surface area contributed by atoms with Gasteiger partial charge in [-0.1, -0.05) is 0 Å². The summed E-state index contributed by atoms with van der Waals surface area (Å²) in [7, 11) is 0. The number of hydrogen-bond donors (Lipinski definition) is 1. The van der Waals surface area contributed by atoms with Gasteiger partial charge in [-0.25, -0.2) is 0 Å². The van der Waals surface area contributed by atoms with Crippen molar-refractivity contribution in [2.24, 2.45) is 0 Å². The molecule has 1 nitrogen and oxygen atoms in total. The van der Waals surface area contributed by atoms with Gasteiger partial charge in [-0.05, 0) is 0 Å². The molecule has 0 rings (SSSR count). The van der Waals surface area contributed by atoms with Crippen LogP contribution >= 0.6 is 24.8 Å². The van der Waals surface area contributed by atoms with Crippen molar-refractivity contribution in [2.75, 3.05) is 0 Å². The van der Waals surface area contributed by atoms with Gasteiger partial charge in [0.2, 0.25) is 0 Å². The Morgan fingerprint density at radius 1 is 0.800 bits per heavy atom. The van der Waals surface area contributed by atoms with Gasteiger partial charge in [0.15, 0.2) is 0 Å². The molecule has 0 saturated carbocycles. The van der Waals surface area contributed by atoms with Gasteiger partial charge in [0, 0.05) is 0 Å². The molecule has 0 aromatic rings. The number of hydrogen-bond acceptors (Lipinski definition) is 1. The van der Waals surface area contributed by atoms with Crippen LogP contribution < -0.4 is 18.6 Å². The first-order valence-electron chi connectivity index (χ1n) is 0. The average molecular weight is 191 g/mol. The van der Waals surface area contributed by atoms with E-state index in [1.165, 1.54) is 0 Å². The maximum atomic E-state index is 0. The minimum atomic E-state index is 0. The summed E-state index contributed by atoms with van der Waals surface area (Å²) in [5.74, 6) is 0. The largest absolute Gasteiger partial charge is 1.00 e. The topological polar surface area (TPSA) is 35.0 Å². The molecule has 0 unspecified atom stereocenters. The van der Waals surface area contributed by atoms with E-state index in [2.05, 4.69) is 0 Å². The van der Waals surface area contributed by atoms with Crippen LogP contribution in [0, 0.1) is 0 Å². The second-order valence-corrected chi connectivity index (χ2v) is 0. The molecule has 33 valence electrons. The molecule has 0 aromatic heterocycles. The molecule has 3 N–H and O–H groups in total. The second-order valence-electron chi connectivity index (χ2n) is 0. The van der Waals surface area contributed by atoms with Gasteiger partial charge in [-0.15, -0.1) is 24.8 Å². The number of halogens is 3. The molecule has 0 aliphatic carbocycles. The Labute approximate surface area is 62.8 Å². The van der Waals surface area contributed by atoms with Crippen LogP contribution in [0.2, 0.25) is 0 Å². The minimum absolute atomic E-state index is 0. The molecular formula is H5Cl3NZn. The fourth-order valence-corrected chi connectivity index (χ4v) is 0. The van der Waals surface area contributed by atoms with Gasteiger partial charge in [0.25, 0.3) is 0 Å². The van der Waals surface area contributed by atoms with Gasteiger partial charge in [-0.3, -0.25) is 0 Å². The summed E-state index contributed by atoms with van der Waals surface area (Å²) in [6, 6.07) is 0. The summed E-state index contributed by atoms with van der Waals surface area (Å²) in [6.07, 6.45) is 0. The molecule has 0 amide bonds. The van der Waals surface area contributed by atoms with Crippen molar-refractivity contribution >= 4 is 24.8 Å². The molecule has 0 spiro atoms. The van der Waals surface area contributed by atoms with Gasteiger partial charge >= 0.3 is 19.5 Å². The predicted molar refractivity (Wildman–Crippen MR) is 19.5 cm³/mol. The van der Waals surface area contributed by atoms with E-state index in [1.54, 1.807) is 0 Å². The molecule has 0 heterocycles. The Morgan fingerprint density at radius 2 is 0.800 bits per heavy atom. The molecule has 0 aromatic carbocycles. The zero-order valence-electron chi connectivity index (χ0n) is 2.61. The molecular weight excluding hydrogens is 186 g/mol. The molecule has 0 aliphatic rings. The predicted octanol–water partition coefficient (Wildman–Crippen LogP) is -1.99. The zero-order chi connectivity index (χ0) is 0. The third-order valence-corrected chi connectivity index (χ3v) is 0. The molecule has 5 heavy (non-hydrogen) atoms. The van der Waals surface area contributed by atoms with Crippen LogP contribution in [0.4, 0.5) is 0 Å². The Hall–Kier alpha value is 1.45. The van der Waals surface area contributed by atoms with Crippen molar-refractivity contribution < 1.29 is 31.9 Å². The van der Waals surface area contributed by atoms with Crippen molar-refractivity contribution in [3.05, 3.63) is 0 Å². The fraction of sp³-hybridized carbons (Fsp3) is 0. The van der Waals surface area contributed by atoms with E-state index in [9.17, 15) is 0 Å².